The van der Waals surface area contributed by atoms with E-state index in [1.807, 2.05) is 0 Å². The monoisotopic (exact) mass is 266 g/mol. The summed E-state index contributed by atoms with van der Waals surface area (Å²) in [4.78, 5) is 0. The molecule has 0 saturated carbocycles. The maximum atomic E-state index is 13.4. The second-order valence-electron chi connectivity index (χ2n) is 3.17. The van der Waals surface area contributed by atoms with Gasteiger partial charge in [-0.1, -0.05) is 0 Å². The minimum Gasteiger partial charge on any atom is -0.461 e. The van der Waals surface area contributed by atoms with Crippen molar-refractivity contribution in [2.45, 2.75) is 5.75 Å². The first kappa shape index (κ1) is 11.3. The predicted molar refractivity (Wildman–Crippen MR) is 54.6 cm³/mol. The van der Waals surface area contributed by atoms with Gasteiger partial charge in [0.25, 0.3) is 0 Å². The van der Waals surface area contributed by atoms with Crippen LogP contribution in [0, 0.1) is 11.6 Å². The first-order valence-electron chi connectivity index (χ1n) is 4.15. The van der Waals surface area contributed by atoms with Crippen LogP contribution in [0.1, 0.15) is 5.56 Å². The highest BCUT2D eigenvalue weighted by atomic mass is 35.7. The van der Waals surface area contributed by atoms with Crippen LogP contribution in [0.5, 0.6) is 0 Å². The second-order valence-corrected chi connectivity index (χ2v) is 5.94. The third-order valence-electron chi connectivity index (χ3n) is 2.07. The summed E-state index contributed by atoms with van der Waals surface area (Å²) >= 11 is 0. The quantitative estimate of drug-likeness (QED) is 0.785. The van der Waals surface area contributed by atoms with Gasteiger partial charge < -0.3 is 4.42 Å². The molecule has 7 heteroatoms. The van der Waals surface area contributed by atoms with Crippen LogP contribution in [0.15, 0.2) is 22.8 Å². The lowest BCUT2D eigenvalue weighted by Gasteiger charge is -2.02. The molecule has 0 N–H and O–H groups in total. The summed E-state index contributed by atoms with van der Waals surface area (Å²) < 4.78 is 53.1. The molecule has 1 aromatic heterocycles. The molecule has 0 fully saturated rings. The zero-order valence-electron chi connectivity index (χ0n) is 7.71. The topological polar surface area (TPSA) is 47.3 Å². The van der Waals surface area contributed by atoms with Crippen LogP contribution < -0.4 is 0 Å². The van der Waals surface area contributed by atoms with Gasteiger partial charge in [-0.15, -0.1) is 0 Å². The number of halogens is 3. The summed E-state index contributed by atoms with van der Waals surface area (Å²) in [6.45, 7) is 0. The number of hydrogen-bond donors (Lipinski definition) is 0. The van der Waals surface area contributed by atoms with Gasteiger partial charge in [-0.3, -0.25) is 0 Å². The highest BCUT2D eigenvalue weighted by Gasteiger charge is 2.19. The average molecular weight is 267 g/mol. The third kappa shape index (κ3) is 2.03. The summed E-state index contributed by atoms with van der Waals surface area (Å²) in [7, 11) is 1.11. The van der Waals surface area contributed by atoms with Crippen LogP contribution in [0.25, 0.3) is 11.0 Å². The van der Waals surface area contributed by atoms with E-state index in [4.69, 9.17) is 15.1 Å². The van der Waals surface area contributed by atoms with Crippen molar-refractivity contribution in [2.75, 3.05) is 0 Å². The second kappa shape index (κ2) is 3.71. The Morgan fingerprint density at radius 2 is 2.00 bits per heavy atom. The zero-order valence-corrected chi connectivity index (χ0v) is 9.28. The van der Waals surface area contributed by atoms with E-state index in [-0.39, 0.29) is 16.5 Å². The molecule has 3 nitrogen and oxygen atoms in total. The molecule has 0 aliphatic heterocycles. The SMILES string of the molecule is O=S(=O)(Cl)Cc1c(F)cc(F)c2occc12. The highest BCUT2D eigenvalue weighted by molar-refractivity contribution is 8.13. The highest BCUT2D eigenvalue weighted by Crippen LogP contribution is 2.27. The number of furan rings is 1. The van der Waals surface area contributed by atoms with Crippen molar-refractivity contribution in [2.24, 2.45) is 0 Å². The Balaban J connectivity index is 2.73. The number of fused-ring (bicyclic) bond motifs is 1. The molecule has 0 atom stereocenters. The lowest BCUT2D eigenvalue weighted by molar-refractivity contribution is 0.543. The molecule has 1 heterocycles. The fourth-order valence-electron chi connectivity index (χ4n) is 1.44. The predicted octanol–water partition coefficient (Wildman–Crippen LogP) is 2.78. The minimum absolute atomic E-state index is 0.0710. The van der Waals surface area contributed by atoms with Crippen molar-refractivity contribution in [1.29, 1.82) is 0 Å². The van der Waals surface area contributed by atoms with Crippen LogP contribution in [0.4, 0.5) is 8.78 Å². The summed E-state index contributed by atoms with van der Waals surface area (Å²) in [5.41, 5.74) is -0.378. The van der Waals surface area contributed by atoms with Gasteiger partial charge in [0.1, 0.15) is 5.82 Å². The zero-order chi connectivity index (χ0) is 11.9. The van der Waals surface area contributed by atoms with Crippen molar-refractivity contribution in [3.8, 4) is 0 Å². The summed E-state index contributed by atoms with van der Waals surface area (Å²) in [6, 6.07) is 1.86. The van der Waals surface area contributed by atoms with Crippen molar-refractivity contribution in [1.82, 2.24) is 0 Å². The molecule has 2 aromatic rings. The van der Waals surface area contributed by atoms with Gasteiger partial charge in [-0.25, -0.2) is 17.2 Å². The Hall–Kier alpha value is -1.14. The molecule has 0 saturated heterocycles. The van der Waals surface area contributed by atoms with Crippen LogP contribution in [-0.2, 0) is 14.8 Å². The van der Waals surface area contributed by atoms with Crippen molar-refractivity contribution in [3.63, 3.8) is 0 Å². The van der Waals surface area contributed by atoms with Crippen LogP contribution in [-0.4, -0.2) is 8.42 Å². The molecule has 0 aliphatic carbocycles. The average Bonchev–Trinajstić information content (AvgIpc) is 2.59. The van der Waals surface area contributed by atoms with Gasteiger partial charge in [-0.2, -0.15) is 0 Å². The van der Waals surface area contributed by atoms with E-state index in [9.17, 15) is 17.2 Å². The van der Waals surface area contributed by atoms with Crippen molar-refractivity contribution >= 4 is 30.7 Å². The van der Waals surface area contributed by atoms with Gasteiger partial charge >= 0.3 is 0 Å². The van der Waals surface area contributed by atoms with E-state index in [1.54, 1.807) is 0 Å². The first-order valence-corrected chi connectivity index (χ1v) is 6.63. The normalized spacial score (nSPS) is 12.2. The lowest BCUT2D eigenvalue weighted by atomic mass is 10.1. The van der Waals surface area contributed by atoms with Gasteiger partial charge in [0.05, 0.1) is 12.0 Å². The standard InChI is InChI=1S/C9H5ClF2O3S/c10-16(13,14)4-6-5-1-2-15-9(5)8(12)3-7(6)11/h1-3H,4H2. The van der Waals surface area contributed by atoms with Gasteiger partial charge in [0, 0.05) is 27.7 Å². The molecule has 0 amide bonds. The van der Waals surface area contributed by atoms with Crippen molar-refractivity contribution < 1.29 is 21.6 Å². The van der Waals surface area contributed by atoms with E-state index >= 15 is 0 Å². The fraction of sp³-hybridized carbons (Fsp3) is 0.111. The Kier molecular flexibility index (Phi) is 2.63. The fourth-order valence-corrected chi connectivity index (χ4v) is 2.41. The molecular weight excluding hydrogens is 262 g/mol. The Morgan fingerprint density at radius 3 is 2.62 bits per heavy atom. The first-order chi connectivity index (χ1) is 7.38. The van der Waals surface area contributed by atoms with E-state index in [2.05, 4.69) is 0 Å². The number of benzene rings is 1. The smallest absolute Gasteiger partial charge is 0.236 e. The van der Waals surface area contributed by atoms with Gasteiger partial charge in [-0.05, 0) is 6.07 Å². The molecule has 86 valence electrons. The maximum absolute atomic E-state index is 13.4. The summed E-state index contributed by atoms with van der Waals surface area (Å²) in [6.07, 6.45) is 1.15. The lowest BCUT2D eigenvalue weighted by Crippen LogP contribution is -2.00. The minimum atomic E-state index is -3.91. The summed E-state index contributed by atoms with van der Waals surface area (Å²) in [5, 5.41) is 0.0710. The van der Waals surface area contributed by atoms with Gasteiger partial charge in [0.15, 0.2) is 11.4 Å². The van der Waals surface area contributed by atoms with E-state index < -0.39 is 26.4 Å². The van der Waals surface area contributed by atoms with Crippen LogP contribution in [0.2, 0.25) is 0 Å². The molecule has 0 unspecified atom stereocenters. The third-order valence-corrected chi connectivity index (χ3v) is 3.03. The molecule has 0 aliphatic rings. The van der Waals surface area contributed by atoms with E-state index in [1.165, 1.54) is 6.07 Å². The van der Waals surface area contributed by atoms with Crippen LogP contribution in [0.3, 0.4) is 0 Å². The largest absolute Gasteiger partial charge is 0.461 e. The molecule has 16 heavy (non-hydrogen) atoms. The molecule has 2 rings (SSSR count). The number of hydrogen-bond acceptors (Lipinski definition) is 3. The Labute approximate surface area is 94.0 Å². The Bertz CT molecular complexity index is 648. The summed E-state index contributed by atoms with van der Waals surface area (Å²) in [5.74, 6) is -2.56. The Morgan fingerprint density at radius 1 is 1.31 bits per heavy atom. The maximum Gasteiger partial charge on any atom is 0.236 e. The number of rotatable bonds is 2. The molecule has 0 radical (unpaired) electrons. The molecular formula is C9H5ClF2O3S. The van der Waals surface area contributed by atoms with E-state index in [0.29, 0.717) is 6.07 Å². The van der Waals surface area contributed by atoms with Crippen molar-refractivity contribution in [3.05, 3.63) is 35.6 Å². The van der Waals surface area contributed by atoms with Gasteiger partial charge in [0.2, 0.25) is 9.05 Å². The van der Waals surface area contributed by atoms with E-state index in [0.717, 1.165) is 6.26 Å². The van der Waals surface area contributed by atoms with Crippen LogP contribution >= 0.6 is 10.7 Å². The molecule has 0 bridgehead atoms. The molecule has 1 aromatic carbocycles. The molecule has 0 spiro atoms.